The fraction of sp³-hybridized carbons (Fsp3) is 0.238. The quantitative estimate of drug-likeness (QED) is 0.360. The highest BCUT2D eigenvalue weighted by molar-refractivity contribution is 7.86. The SMILES string of the molecule is CS(=O)(=O)OC(COc1ccc(C(=O)OCc2ccccc2)cc1)Cn1cccn1. The number of nitrogens with zero attached hydrogens (tertiary/aromatic N) is 2. The molecule has 8 nitrogen and oxygen atoms in total. The standard InChI is InChI=1S/C21H22N2O6S/c1-30(25,26)29-20(14-23-13-5-12-22-23)16-27-19-10-8-18(9-11-19)21(24)28-15-17-6-3-2-4-7-17/h2-13,20H,14-16H2,1H3. The number of carbonyl (C=O) groups excluding carboxylic acids is 1. The van der Waals surface area contributed by atoms with E-state index >= 15 is 0 Å². The van der Waals surface area contributed by atoms with Crippen molar-refractivity contribution in [1.29, 1.82) is 0 Å². The Labute approximate surface area is 175 Å². The number of hydrogen-bond acceptors (Lipinski definition) is 7. The Morgan fingerprint density at radius 2 is 1.80 bits per heavy atom. The summed E-state index contributed by atoms with van der Waals surface area (Å²) in [6, 6.07) is 17.5. The van der Waals surface area contributed by atoms with E-state index in [2.05, 4.69) is 5.10 Å². The lowest BCUT2D eigenvalue weighted by Crippen LogP contribution is -2.29. The second-order valence-electron chi connectivity index (χ2n) is 6.55. The van der Waals surface area contributed by atoms with E-state index < -0.39 is 22.2 Å². The van der Waals surface area contributed by atoms with Crippen LogP contribution in [0.2, 0.25) is 0 Å². The fourth-order valence-corrected chi connectivity index (χ4v) is 3.27. The first-order valence-corrected chi connectivity index (χ1v) is 11.0. The summed E-state index contributed by atoms with van der Waals surface area (Å²) in [7, 11) is -3.66. The Kier molecular flexibility index (Phi) is 7.21. The average Bonchev–Trinajstić information content (AvgIpc) is 3.23. The third kappa shape index (κ3) is 7.02. The molecule has 0 saturated carbocycles. The van der Waals surface area contributed by atoms with Gasteiger partial charge in [-0.3, -0.25) is 8.86 Å². The largest absolute Gasteiger partial charge is 0.491 e. The second kappa shape index (κ2) is 10.0. The van der Waals surface area contributed by atoms with Crippen LogP contribution in [0.5, 0.6) is 5.75 Å². The van der Waals surface area contributed by atoms with Crippen molar-refractivity contribution in [3.8, 4) is 5.75 Å². The van der Waals surface area contributed by atoms with Gasteiger partial charge in [0.15, 0.2) is 0 Å². The van der Waals surface area contributed by atoms with Gasteiger partial charge in [0.05, 0.1) is 18.4 Å². The molecule has 0 amide bonds. The number of ether oxygens (including phenoxy) is 2. The van der Waals surface area contributed by atoms with Crippen molar-refractivity contribution in [3.05, 3.63) is 84.2 Å². The number of benzene rings is 2. The molecule has 2 aromatic carbocycles. The zero-order valence-corrected chi connectivity index (χ0v) is 17.2. The second-order valence-corrected chi connectivity index (χ2v) is 8.15. The molecule has 0 radical (unpaired) electrons. The first-order valence-electron chi connectivity index (χ1n) is 9.19. The van der Waals surface area contributed by atoms with Gasteiger partial charge >= 0.3 is 5.97 Å². The van der Waals surface area contributed by atoms with Crippen LogP contribution in [0.1, 0.15) is 15.9 Å². The maximum Gasteiger partial charge on any atom is 0.338 e. The Balaban J connectivity index is 1.54. The summed E-state index contributed by atoms with van der Waals surface area (Å²) >= 11 is 0. The molecule has 158 valence electrons. The molecule has 3 rings (SSSR count). The molecule has 0 aliphatic heterocycles. The first kappa shape index (κ1) is 21.5. The van der Waals surface area contributed by atoms with Gasteiger partial charge in [0, 0.05) is 12.4 Å². The molecule has 0 saturated heterocycles. The zero-order chi connectivity index (χ0) is 21.4. The molecule has 1 unspecified atom stereocenters. The molecular formula is C21H22N2O6S. The Hall–Kier alpha value is -3.17. The van der Waals surface area contributed by atoms with Crippen molar-refractivity contribution >= 4 is 16.1 Å². The summed E-state index contributed by atoms with van der Waals surface area (Å²) in [6.07, 6.45) is 3.52. The number of esters is 1. The molecule has 0 bridgehead atoms. The van der Waals surface area contributed by atoms with Crippen molar-refractivity contribution in [2.24, 2.45) is 0 Å². The Morgan fingerprint density at radius 3 is 2.43 bits per heavy atom. The minimum absolute atomic E-state index is 0.00920. The zero-order valence-electron chi connectivity index (χ0n) is 16.4. The van der Waals surface area contributed by atoms with Crippen LogP contribution >= 0.6 is 0 Å². The normalized spacial score (nSPS) is 12.3. The summed E-state index contributed by atoms with van der Waals surface area (Å²) in [6.45, 7) is 0.393. The highest BCUT2D eigenvalue weighted by Crippen LogP contribution is 2.15. The molecular weight excluding hydrogens is 408 g/mol. The minimum Gasteiger partial charge on any atom is -0.491 e. The van der Waals surface area contributed by atoms with Crippen LogP contribution in [0.3, 0.4) is 0 Å². The van der Waals surface area contributed by atoms with Crippen LogP contribution in [-0.2, 0) is 32.2 Å². The predicted octanol–water partition coefficient (Wildman–Crippen LogP) is 2.66. The van der Waals surface area contributed by atoms with Gasteiger partial charge in [-0.2, -0.15) is 13.5 Å². The molecule has 0 aliphatic carbocycles. The van der Waals surface area contributed by atoms with E-state index in [1.54, 1.807) is 47.4 Å². The molecule has 9 heteroatoms. The van der Waals surface area contributed by atoms with Gasteiger partial charge in [0.2, 0.25) is 0 Å². The Morgan fingerprint density at radius 1 is 1.07 bits per heavy atom. The van der Waals surface area contributed by atoms with Crippen LogP contribution < -0.4 is 4.74 Å². The van der Waals surface area contributed by atoms with Crippen LogP contribution in [0.4, 0.5) is 0 Å². The van der Waals surface area contributed by atoms with Crippen LogP contribution in [0, 0.1) is 0 Å². The molecule has 3 aromatic rings. The number of aromatic nitrogens is 2. The topological polar surface area (TPSA) is 96.7 Å². The molecule has 0 N–H and O–H groups in total. The summed E-state index contributed by atoms with van der Waals surface area (Å²) in [5.41, 5.74) is 1.29. The molecule has 0 spiro atoms. The summed E-state index contributed by atoms with van der Waals surface area (Å²) in [5.74, 6) is 0.0274. The van der Waals surface area contributed by atoms with Gasteiger partial charge in [0.25, 0.3) is 10.1 Å². The van der Waals surface area contributed by atoms with Crippen LogP contribution in [0.25, 0.3) is 0 Å². The third-order valence-electron chi connectivity index (χ3n) is 4.00. The van der Waals surface area contributed by atoms with Crippen molar-refractivity contribution < 1.29 is 26.9 Å². The van der Waals surface area contributed by atoms with Gasteiger partial charge < -0.3 is 9.47 Å². The Bertz CT molecular complexity index is 1030. The van der Waals surface area contributed by atoms with Crippen molar-refractivity contribution in [1.82, 2.24) is 9.78 Å². The van der Waals surface area contributed by atoms with E-state index in [4.69, 9.17) is 13.7 Å². The molecule has 0 fully saturated rings. The van der Waals surface area contributed by atoms with Crippen LogP contribution in [-0.4, -0.2) is 43.1 Å². The van der Waals surface area contributed by atoms with Crippen molar-refractivity contribution in [2.75, 3.05) is 12.9 Å². The minimum atomic E-state index is -3.66. The van der Waals surface area contributed by atoms with Crippen molar-refractivity contribution in [2.45, 2.75) is 19.3 Å². The number of rotatable bonds is 10. The molecule has 1 aromatic heterocycles. The lowest BCUT2D eigenvalue weighted by molar-refractivity contribution is 0.0472. The fourth-order valence-electron chi connectivity index (χ4n) is 2.66. The number of hydrogen-bond donors (Lipinski definition) is 0. The lowest BCUT2D eigenvalue weighted by atomic mass is 10.2. The predicted molar refractivity (Wildman–Crippen MR) is 109 cm³/mol. The third-order valence-corrected chi connectivity index (χ3v) is 4.62. The summed E-state index contributed by atoms with van der Waals surface area (Å²) < 4.78 is 40.6. The van der Waals surface area contributed by atoms with Gasteiger partial charge in [-0.25, -0.2) is 4.79 Å². The molecule has 0 aliphatic rings. The summed E-state index contributed by atoms with van der Waals surface area (Å²) in [4.78, 5) is 12.2. The van der Waals surface area contributed by atoms with E-state index in [1.807, 2.05) is 30.3 Å². The lowest BCUT2D eigenvalue weighted by Gasteiger charge is -2.17. The smallest absolute Gasteiger partial charge is 0.338 e. The van der Waals surface area contributed by atoms with E-state index in [1.165, 1.54) is 0 Å². The molecule has 1 atom stereocenters. The van der Waals surface area contributed by atoms with Gasteiger partial charge in [-0.1, -0.05) is 30.3 Å². The maximum atomic E-state index is 12.2. The number of carbonyl (C=O) groups is 1. The average molecular weight is 430 g/mol. The monoisotopic (exact) mass is 430 g/mol. The first-order chi connectivity index (χ1) is 14.4. The van der Waals surface area contributed by atoms with Crippen molar-refractivity contribution in [3.63, 3.8) is 0 Å². The van der Waals surface area contributed by atoms with Gasteiger partial charge in [0.1, 0.15) is 25.1 Å². The highest BCUT2D eigenvalue weighted by atomic mass is 32.2. The molecule has 30 heavy (non-hydrogen) atoms. The van der Waals surface area contributed by atoms with E-state index in [9.17, 15) is 13.2 Å². The van der Waals surface area contributed by atoms with Gasteiger partial charge in [-0.15, -0.1) is 0 Å². The molecule has 1 heterocycles. The summed E-state index contributed by atoms with van der Waals surface area (Å²) in [5, 5.41) is 4.05. The van der Waals surface area contributed by atoms with Crippen LogP contribution in [0.15, 0.2) is 73.1 Å². The van der Waals surface area contributed by atoms with E-state index in [0.29, 0.717) is 11.3 Å². The maximum absolute atomic E-state index is 12.2. The van der Waals surface area contributed by atoms with E-state index in [0.717, 1.165) is 11.8 Å². The van der Waals surface area contributed by atoms with E-state index in [-0.39, 0.29) is 19.8 Å². The highest BCUT2D eigenvalue weighted by Gasteiger charge is 2.18. The van der Waals surface area contributed by atoms with Gasteiger partial charge in [-0.05, 0) is 35.9 Å².